The van der Waals surface area contributed by atoms with Crippen molar-refractivity contribution in [3.63, 3.8) is 0 Å². The summed E-state index contributed by atoms with van der Waals surface area (Å²) in [6.45, 7) is 7.10. The third-order valence-electron chi connectivity index (χ3n) is 6.32. The number of hydrogen-bond acceptors (Lipinski definition) is 6. The van der Waals surface area contributed by atoms with Gasteiger partial charge in [0.05, 0.1) is 24.7 Å². The van der Waals surface area contributed by atoms with Crippen LogP contribution in [-0.4, -0.2) is 58.8 Å². The molecule has 0 N–H and O–H groups in total. The number of morpholine rings is 1. The number of carbonyl (C=O) groups is 1. The Morgan fingerprint density at radius 3 is 2.64 bits per heavy atom. The molecule has 0 radical (unpaired) electrons. The number of para-hydroxylation sites is 1. The Labute approximate surface area is 198 Å². The number of anilines is 2. The Morgan fingerprint density at radius 2 is 1.85 bits per heavy atom. The molecule has 2 aliphatic heterocycles. The molecular weight excluding hydrogens is 434 g/mol. The highest BCUT2D eigenvalue weighted by Gasteiger charge is 2.29. The molecule has 0 spiro atoms. The van der Waals surface area contributed by atoms with E-state index < -0.39 is 0 Å². The number of rotatable bonds is 5. The molecule has 33 heavy (non-hydrogen) atoms. The molecule has 1 atom stereocenters. The molecule has 1 unspecified atom stereocenters. The van der Waals surface area contributed by atoms with Crippen molar-refractivity contribution in [2.45, 2.75) is 37.9 Å². The number of carbonyl (C=O) groups excluding carboxylic acids is 1. The number of hydrogen-bond donors (Lipinski definition) is 0. The van der Waals surface area contributed by atoms with Crippen molar-refractivity contribution in [2.75, 3.05) is 41.9 Å². The summed E-state index contributed by atoms with van der Waals surface area (Å²) in [5.41, 5.74) is 4.47. The first-order valence-corrected chi connectivity index (χ1v) is 12.5. The van der Waals surface area contributed by atoms with Crippen LogP contribution in [0.1, 0.15) is 24.5 Å². The monoisotopic (exact) mass is 463 g/mol. The number of benzene rings is 2. The topological polar surface area (TPSA) is 63.5 Å². The Hall–Kier alpha value is -2.84. The molecule has 2 aromatic carbocycles. The Kier molecular flexibility index (Phi) is 6.37. The lowest BCUT2D eigenvalue weighted by Crippen LogP contribution is -2.43. The van der Waals surface area contributed by atoms with Crippen LogP contribution in [0.5, 0.6) is 0 Å². The van der Waals surface area contributed by atoms with Crippen LogP contribution in [0.3, 0.4) is 0 Å². The fourth-order valence-corrected chi connectivity index (χ4v) is 5.31. The third-order valence-corrected chi connectivity index (χ3v) is 7.23. The maximum Gasteiger partial charge on any atom is 0.237 e. The van der Waals surface area contributed by atoms with Gasteiger partial charge in [0.25, 0.3) is 0 Å². The molecule has 0 saturated carbocycles. The van der Waals surface area contributed by atoms with Crippen LogP contribution in [0, 0.1) is 6.92 Å². The molecule has 172 valence electrons. The van der Waals surface area contributed by atoms with Crippen molar-refractivity contribution in [3.05, 3.63) is 59.7 Å². The van der Waals surface area contributed by atoms with Gasteiger partial charge >= 0.3 is 0 Å². The second kappa shape index (κ2) is 9.57. The smallest absolute Gasteiger partial charge is 0.237 e. The van der Waals surface area contributed by atoms with Crippen molar-refractivity contribution in [1.82, 2.24) is 14.8 Å². The molecule has 0 aliphatic carbocycles. The number of fused-ring (bicyclic) bond motifs is 1. The van der Waals surface area contributed by atoms with E-state index in [1.807, 2.05) is 17.0 Å². The standard InChI is InChI=1S/C25H29N5O2S/c1-18-7-11-21(12-8-18)30-24(28-13-15-32-16-14-28)26-27-25(30)33-17-23(31)29-19(2)9-10-20-5-3-4-6-22(20)29/h3-8,11-12,19H,9-10,13-17H2,1-2H3. The highest BCUT2D eigenvalue weighted by molar-refractivity contribution is 7.99. The van der Waals surface area contributed by atoms with E-state index in [4.69, 9.17) is 4.74 Å². The van der Waals surface area contributed by atoms with Crippen molar-refractivity contribution in [3.8, 4) is 5.69 Å². The largest absolute Gasteiger partial charge is 0.378 e. The summed E-state index contributed by atoms with van der Waals surface area (Å²) in [5.74, 6) is 1.21. The van der Waals surface area contributed by atoms with Gasteiger partial charge in [-0.05, 0) is 50.5 Å². The molecule has 1 fully saturated rings. The lowest BCUT2D eigenvalue weighted by atomic mass is 9.97. The van der Waals surface area contributed by atoms with E-state index in [1.54, 1.807) is 0 Å². The Balaban J connectivity index is 1.41. The summed E-state index contributed by atoms with van der Waals surface area (Å²) in [6, 6.07) is 16.8. The van der Waals surface area contributed by atoms with Crippen LogP contribution >= 0.6 is 11.8 Å². The summed E-state index contributed by atoms with van der Waals surface area (Å²) < 4.78 is 7.59. The predicted octanol–water partition coefficient (Wildman–Crippen LogP) is 3.87. The summed E-state index contributed by atoms with van der Waals surface area (Å²) in [5, 5.41) is 9.74. The van der Waals surface area contributed by atoms with E-state index in [9.17, 15) is 4.79 Å². The molecule has 3 aromatic rings. The van der Waals surface area contributed by atoms with Gasteiger partial charge in [-0.1, -0.05) is 47.7 Å². The summed E-state index contributed by atoms with van der Waals surface area (Å²) in [7, 11) is 0. The zero-order chi connectivity index (χ0) is 22.8. The maximum atomic E-state index is 13.4. The fraction of sp³-hybridized carbons (Fsp3) is 0.400. The minimum absolute atomic E-state index is 0.103. The predicted molar refractivity (Wildman–Crippen MR) is 132 cm³/mol. The molecule has 1 amide bonds. The Morgan fingerprint density at radius 1 is 1.09 bits per heavy atom. The minimum atomic E-state index is 0.103. The first-order valence-electron chi connectivity index (χ1n) is 11.5. The second-order valence-corrected chi connectivity index (χ2v) is 9.56. The Bertz CT molecular complexity index is 1120. The van der Waals surface area contributed by atoms with Crippen LogP contribution in [-0.2, 0) is 16.0 Å². The lowest BCUT2D eigenvalue weighted by molar-refractivity contribution is -0.116. The zero-order valence-electron chi connectivity index (χ0n) is 19.1. The molecule has 1 saturated heterocycles. The number of aromatic nitrogens is 3. The highest BCUT2D eigenvalue weighted by Crippen LogP contribution is 2.32. The van der Waals surface area contributed by atoms with Gasteiger partial charge in [-0.15, -0.1) is 10.2 Å². The van der Waals surface area contributed by atoms with Gasteiger partial charge in [-0.25, -0.2) is 0 Å². The molecular formula is C25H29N5O2S. The number of thioether (sulfide) groups is 1. The molecule has 5 rings (SSSR count). The van der Waals surface area contributed by atoms with Gasteiger partial charge < -0.3 is 14.5 Å². The van der Waals surface area contributed by atoms with Crippen molar-refractivity contribution in [1.29, 1.82) is 0 Å². The summed E-state index contributed by atoms with van der Waals surface area (Å²) in [6.07, 6.45) is 1.99. The van der Waals surface area contributed by atoms with Crippen LogP contribution < -0.4 is 9.80 Å². The maximum absolute atomic E-state index is 13.4. The van der Waals surface area contributed by atoms with Gasteiger partial charge in [0.2, 0.25) is 11.9 Å². The van der Waals surface area contributed by atoms with Crippen molar-refractivity contribution in [2.24, 2.45) is 0 Å². The third kappa shape index (κ3) is 4.50. The van der Waals surface area contributed by atoms with Gasteiger partial charge in [-0.3, -0.25) is 9.36 Å². The van der Waals surface area contributed by atoms with Gasteiger partial charge in [0.15, 0.2) is 5.16 Å². The van der Waals surface area contributed by atoms with Crippen LogP contribution in [0.4, 0.5) is 11.6 Å². The molecule has 3 heterocycles. The van der Waals surface area contributed by atoms with Crippen molar-refractivity contribution < 1.29 is 9.53 Å². The quantitative estimate of drug-likeness (QED) is 0.535. The molecule has 7 nitrogen and oxygen atoms in total. The number of ether oxygens (including phenoxy) is 1. The fourth-order valence-electron chi connectivity index (χ4n) is 4.51. The molecule has 0 bridgehead atoms. The zero-order valence-corrected chi connectivity index (χ0v) is 19.9. The summed E-state index contributed by atoms with van der Waals surface area (Å²) in [4.78, 5) is 17.5. The normalized spacial score (nSPS) is 18.3. The van der Waals surface area contributed by atoms with Crippen LogP contribution in [0.2, 0.25) is 0 Å². The van der Waals surface area contributed by atoms with Gasteiger partial charge in [0.1, 0.15) is 0 Å². The van der Waals surface area contributed by atoms with Crippen LogP contribution in [0.15, 0.2) is 53.7 Å². The minimum Gasteiger partial charge on any atom is -0.378 e. The van der Waals surface area contributed by atoms with Gasteiger partial charge in [0, 0.05) is 24.8 Å². The first kappa shape index (κ1) is 22.0. The van der Waals surface area contributed by atoms with E-state index >= 15 is 0 Å². The number of aryl methyl sites for hydroxylation is 2. The first-order chi connectivity index (χ1) is 16.1. The number of amides is 1. The van der Waals surface area contributed by atoms with Crippen molar-refractivity contribution >= 4 is 29.3 Å². The van der Waals surface area contributed by atoms with E-state index in [1.165, 1.54) is 22.9 Å². The SMILES string of the molecule is Cc1ccc(-n2c(SCC(=O)N3c4ccccc4CCC3C)nnc2N2CCOCC2)cc1. The molecule has 2 aliphatic rings. The van der Waals surface area contributed by atoms with Crippen LogP contribution in [0.25, 0.3) is 5.69 Å². The lowest BCUT2D eigenvalue weighted by Gasteiger charge is -2.35. The molecule has 1 aromatic heterocycles. The average molecular weight is 464 g/mol. The highest BCUT2D eigenvalue weighted by atomic mass is 32.2. The number of nitrogens with zero attached hydrogens (tertiary/aromatic N) is 5. The molecule has 8 heteroatoms. The average Bonchev–Trinajstić information content (AvgIpc) is 3.27. The van der Waals surface area contributed by atoms with E-state index in [-0.39, 0.29) is 11.9 Å². The summed E-state index contributed by atoms with van der Waals surface area (Å²) >= 11 is 1.45. The van der Waals surface area contributed by atoms with E-state index in [2.05, 4.69) is 69.9 Å². The van der Waals surface area contributed by atoms with E-state index in [0.717, 1.165) is 48.4 Å². The second-order valence-electron chi connectivity index (χ2n) is 8.62. The van der Waals surface area contributed by atoms with Gasteiger partial charge in [-0.2, -0.15) is 0 Å². The van der Waals surface area contributed by atoms with E-state index in [0.29, 0.717) is 19.0 Å².